The number of aromatic nitrogens is 3. The van der Waals surface area contributed by atoms with Gasteiger partial charge in [-0.25, -0.2) is 9.97 Å². The van der Waals surface area contributed by atoms with Gasteiger partial charge in [-0.15, -0.1) is 0 Å². The van der Waals surface area contributed by atoms with Gasteiger partial charge in [0.15, 0.2) is 0 Å². The van der Waals surface area contributed by atoms with Crippen LogP contribution in [0.3, 0.4) is 0 Å². The molecule has 0 aliphatic carbocycles. The number of aryl methyl sites for hydroxylation is 2. The van der Waals surface area contributed by atoms with Crippen LogP contribution in [0, 0.1) is 19.8 Å². The first kappa shape index (κ1) is 17.1. The van der Waals surface area contributed by atoms with Crippen molar-refractivity contribution in [1.82, 2.24) is 15.0 Å². The van der Waals surface area contributed by atoms with E-state index in [0.29, 0.717) is 6.54 Å². The number of nitrogens with two attached hydrogens (primary N) is 1. The molecular weight excluding hydrogens is 316 g/mol. The zero-order chi connectivity index (χ0) is 17.8. The lowest BCUT2D eigenvalue weighted by molar-refractivity contribution is -0.122. The highest BCUT2D eigenvalue weighted by molar-refractivity contribution is 5.77. The molecule has 2 aromatic heterocycles. The number of anilines is 2. The maximum absolute atomic E-state index is 11.3. The average molecular weight is 340 g/mol. The van der Waals surface area contributed by atoms with Crippen LogP contribution in [0.1, 0.15) is 29.8 Å². The van der Waals surface area contributed by atoms with Crippen LogP contribution in [0.15, 0.2) is 24.5 Å². The smallest absolute Gasteiger partial charge is 0.220 e. The zero-order valence-corrected chi connectivity index (χ0v) is 14.7. The largest absolute Gasteiger partial charge is 0.369 e. The monoisotopic (exact) mass is 340 g/mol. The third-order valence-electron chi connectivity index (χ3n) is 4.59. The molecule has 3 N–H and O–H groups in total. The topological polar surface area (TPSA) is 97.0 Å². The molecule has 7 nitrogen and oxygen atoms in total. The minimum Gasteiger partial charge on any atom is -0.369 e. The Morgan fingerprint density at radius 1 is 1.32 bits per heavy atom. The molecule has 1 amide bonds. The number of hydrogen-bond acceptors (Lipinski definition) is 6. The lowest BCUT2D eigenvalue weighted by Gasteiger charge is -2.32. The molecule has 1 aliphatic rings. The molecule has 3 rings (SSSR count). The van der Waals surface area contributed by atoms with Gasteiger partial charge in [0, 0.05) is 43.5 Å². The highest BCUT2D eigenvalue weighted by Gasteiger charge is 2.24. The normalized spacial score (nSPS) is 15.2. The molecule has 0 unspecified atom stereocenters. The Morgan fingerprint density at radius 3 is 2.80 bits per heavy atom. The highest BCUT2D eigenvalue weighted by atomic mass is 16.1. The summed E-state index contributed by atoms with van der Waals surface area (Å²) < 4.78 is 0. The third kappa shape index (κ3) is 4.04. The molecular formula is C18H24N6O. The van der Waals surface area contributed by atoms with E-state index in [-0.39, 0.29) is 11.8 Å². The number of nitrogens with one attached hydrogen (secondary N) is 1. The van der Waals surface area contributed by atoms with Crippen LogP contribution in [0.2, 0.25) is 0 Å². The van der Waals surface area contributed by atoms with E-state index < -0.39 is 0 Å². The number of primary amides is 1. The summed E-state index contributed by atoms with van der Waals surface area (Å²) in [7, 11) is 0. The summed E-state index contributed by atoms with van der Waals surface area (Å²) >= 11 is 0. The Bertz CT molecular complexity index is 755. The SMILES string of the molecule is Cc1cnc(C)c(NCc2cccnc2N2CCC(C(N)=O)CC2)n1. The number of piperidine rings is 1. The first-order valence-corrected chi connectivity index (χ1v) is 8.57. The number of carbonyl (C=O) groups excluding carboxylic acids is 1. The minimum absolute atomic E-state index is 0.0215. The van der Waals surface area contributed by atoms with Crippen molar-refractivity contribution in [2.75, 3.05) is 23.3 Å². The summed E-state index contributed by atoms with van der Waals surface area (Å²) in [6.07, 6.45) is 5.12. The molecule has 0 atom stereocenters. The second kappa shape index (κ2) is 7.46. The van der Waals surface area contributed by atoms with Crippen molar-refractivity contribution in [2.24, 2.45) is 11.7 Å². The van der Waals surface area contributed by atoms with Gasteiger partial charge in [-0.2, -0.15) is 0 Å². The van der Waals surface area contributed by atoms with Crippen molar-refractivity contribution in [2.45, 2.75) is 33.2 Å². The number of nitrogens with zero attached hydrogens (tertiary/aromatic N) is 4. The summed E-state index contributed by atoms with van der Waals surface area (Å²) in [5, 5.41) is 3.36. The molecule has 1 saturated heterocycles. The maximum atomic E-state index is 11.3. The molecule has 0 bridgehead atoms. The molecule has 1 aliphatic heterocycles. The lowest BCUT2D eigenvalue weighted by atomic mass is 9.96. The molecule has 0 radical (unpaired) electrons. The zero-order valence-electron chi connectivity index (χ0n) is 14.7. The van der Waals surface area contributed by atoms with Crippen LogP contribution in [-0.2, 0) is 11.3 Å². The quantitative estimate of drug-likeness (QED) is 0.861. The van der Waals surface area contributed by atoms with E-state index in [9.17, 15) is 4.79 Å². The van der Waals surface area contributed by atoms with Crippen molar-refractivity contribution in [1.29, 1.82) is 0 Å². The van der Waals surface area contributed by atoms with Crippen LogP contribution in [0.5, 0.6) is 0 Å². The summed E-state index contributed by atoms with van der Waals surface area (Å²) in [6.45, 7) is 6.07. The van der Waals surface area contributed by atoms with Crippen LogP contribution in [-0.4, -0.2) is 33.9 Å². The van der Waals surface area contributed by atoms with E-state index in [2.05, 4.69) is 31.2 Å². The summed E-state index contributed by atoms with van der Waals surface area (Å²) in [5.41, 5.74) is 8.28. The van der Waals surface area contributed by atoms with Crippen molar-refractivity contribution in [3.8, 4) is 0 Å². The van der Waals surface area contributed by atoms with Gasteiger partial charge in [0.25, 0.3) is 0 Å². The molecule has 0 aromatic carbocycles. The first-order chi connectivity index (χ1) is 12.0. The van der Waals surface area contributed by atoms with Crippen LogP contribution in [0.25, 0.3) is 0 Å². The maximum Gasteiger partial charge on any atom is 0.220 e. The van der Waals surface area contributed by atoms with Crippen molar-refractivity contribution in [3.63, 3.8) is 0 Å². The fourth-order valence-electron chi connectivity index (χ4n) is 3.11. The van der Waals surface area contributed by atoms with E-state index in [1.807, 2.05) is 19.9 Å². The third-order valence-corrected chi connectivity index (χ3v) is 4.59. The molecule has 25 heavy (non-hydrogen) atoms. The predicted molar refractivity (Wildman–Crippen MR) is 97.2 cm³/mol. The van der Waals surface area contributed by atoms with Gasteiger partial charge in [0.05, 0.1) is 11.4 Å². The standard InChI is InChI=1S/C18H24N6O/c1-12-10-21-13(2)17(23-12)22-11-15-4-3-7-20-18(15)24-8-5-14(6-9-24)16(19)25/h3-4,7,10,14H,5-6,8-9,11H2,1-2H3,(H2,19,25)(H,22,23). The van der Waals surface area contributed by atoms with Gasteiger partial charge in [0.1, 0.15) is 11.6 Å². The fourth-order valence-corrected chi connectivity index (χ4v) is 3.11. The summed E-state index contributed by atoms with van der Waals surface area (Å²) in [6, 6.07) is 4.00. The van der Waals surface area contributed by atoms with Crippen LogP contribution in [0.4, 0.5) is 11.6 Å². The molecule has 132 valence electrons. The van der Waals surface area contributed by atoms with E-state index in [0.717, 1.165) is 54.5 Å². The predicted octanol–water partition coefficient (Wildman–Crippen LogP) is 1.80. The number of amides is 1. The van der Waals surface area contributed by atoms with E-state index >= 15 is 0 Å². The van der Waals surface area contributed by atoms with E-state index in [4.69, 9.17) is 5.73 Å². The molecule has 3 heterocycles. The fraction of sp³-hybridized carbons (Fsp3) is 0.444. The Balaban J connectivity index is 1.71. The molecule has 0 spiro atoms. The van der Waals surface area contributed by atoms with E-state index in [1.165, 1.54) is 0 Å². The van der Waals surface area contributed by atoms with Crippen LogP contribution < -0.4 is 16.0 Å². The number of pyridine rings is 1. The van der Waals surface area contributed by atoms with E-state index in [1.54, 1.807) is 12.4 Å². The summed E-state index contributed by atoms with van der Waals surface area (Å²) in [5.74, 6) is 1.53. The number of carbonyl (C=O) groups is 1. The first-order valence-electron chi connectivity index (χ1n) is 8.57. The van der Waals surface area contributed by atoms with Crippen molar-refractivity contribution >= 4 is 17.5 Å². The van der Waals surface area contributed by atoms with Crippen LogP contribution >= 0.6 is 0 Å². The van der Waals surface area contributed by atoms with Crippen molar-refractivity contribution < 1.29 is 4.79 Å². The minimum atomic E-state index is -0.198. The van der Waals surface area contributed by atoms with Crippen molar-refractivity contribution in [3.05, 3.63) is 41.5 Å². The second-order valence-electron chi connectivity index (χ2n) is 6.45. The number of hydrogen-bond donors (Lipinski definition) is 2. The molecule has 7 heteroatoms. The van der Waals surface area contributed by atoms with Gasteiger partial charge in [-0.1, -0.05) is 6.07 Å². The summed E-state index contributed by atoms with van der Waals surface area (Å²) in [4.78, 5) is 27.0. The Morgan fingerprint density at radius 2 is 2.08 bits per heavy atom. The van der Waals surface area contributed by atoms with Gasteiger partial charge < -0.3 is 16.0 Å². The molecule has 1 fully saturated rings. The highest BCUT2D eigenvalue weighted by Crippen LogP contribution is 2.25. The lowest BCUT2D eigenvalue weighted by Crippen LogP contribution is -2.39. The second-order valence-corrected chi connectivity index (χ2v) is 6.45. The Kier molecular flexibility index (Phi) is 5.11. The van der Waals surface area contributed by atoms with Gasteiger partial charge in [-0.3, -0.25) is 9.78 Å². The number of rotatable bonds is 5. The molecule has 2 aromatic rings. The average Bonchev–Trinajstić information content (AvgIpc) is 2.63. The Labute approximate surface area is 147 Å². The van der Waals surface area contributed by atoms with Gasteiger partial charge in [-0.05, 0) is 32.8 Å². The van der Waals surface area contributed by atoms with Gasteiger partial charge in [0.2, 0.25) is 5.91 Å². The van der Waals surface area contributed by atoms with Gasteiger partial charge >= 0.3 is 0 Å². The Hall–Kier alpha value is -2.70. The molecule has 0 saturated carbocycles.